The number of fused-ring (bicyclic) bond motifs is 2. The molecule has 4 atom stereocenters. The highest BCUT2D eigenvalue weighted by Crippen LogP contribution is 2.62. The monoisotopic (exact) mass is 347 g/mol. The van der Waals surface area contributed by atoms with E-state index in [0.29, 0.717) is 10.8 Å². The van der Waals surface area contributed by atoms with Crippen LogP contribution in [-0.4, -0.2) is 4.98 Å². The van der Waals surface area contributed by atoms with Crippen LogP contribution in [0, 0.1) is 35.5 Å². The van der Waals surface area contributed by atoms with Crippen molar-refractivity contribution in [1.29, 1.82) is 0 Å². The first kappa shape index (κ1) is 15.1. The molecule has 7 aliphatic rings. The molecule has 7 aliphatic carbocycles. The van der Waals surface area contributed by atoms with Crippen molar-refractivity contribution in [3.8, 4) is 0 Å². The van der Waals surface area contributed by atoms with E-state index in [0.717, 1.165) is 35.5 Å². The van der Waals surface area contributed by atoms with Crippen LogP contribution in [0.5, 0.6) is 0 Å². The maximum Gasteiger partial charge on any atom is 0.0469 e. The van der Waals surface area contributed by atoms with Crippen molar-refractivity contribution >= 4 is 0 Å². The summed E-state index contributed by atoms with van der Waals surface area (Å²) in [7, 11) is 0. The second-order valence-electron chi connectivity index (χ2n) is 11.7. The van der Waals surface area contributed by atoms with Crippen molar-refractivity contribution in [2.45, 2.75) is 87.9 Å². The summed E-state index contributed by atoms with van der Waals surface area (Å²) in [6.07, 6.45) is 17.9. The molecule has 0 aliphatic heterocycles. The summed E-state index contributed by atoms with van der Waals surface area (Å²) in [6, 6.07) is 7.25. The molecule has 1 aromatic rings. The lowest BCUT2D eigenvalue weighted by molar-refractivity contribution is -0.00751. The van der Waals surface area contributed by atoms with E-state index >= 15 is 0 Å². The molecule has 8 rings (SSSR count). The Balaban J connectivity index is 1.28. The zero-order valence-corrected chi connectivity index (χ0v) is 16.1. The minimum absolute atomic E-state index is 0.457. The number of hydrogen-bond donors (Lipinski definition) is 0. The van der Waals surface area contributed by atoms with Gasteiger partial charge in [0.15, 0.2) is 0 Å². The van der Waals surface area contributed by atoms with Gasteiger partial charge in [0.05, 0.1) is 0 Å². The Labute approximate surface area is 158 Å². The number of pyridine rings is 1. The maximum absolute atomic E-state index is 5.55. The maximum atomic E-state index is 5.55. The van der Waals surface area contributed by atoms with E-state index in [2.05, 4.69) is 18.2 Å². The van der Waals surface area contributed by atoms with Gasteiger partial charge in [0.2, 0.25) is 0 Å². The topological polar surface area (TPSA) is 12.9 Å². The molecule has 1 nitrogen and oxygen atoms in total. The van der Waals surface area contributed by atoms with Crippen LogP contribution in [0.4, 0.5) is 0 Å². The third-order valence-corrected chi connectivity index (χ3v) is 10.1. The lowest BCUT2D eigenvalue weighted by atomic mass is 9.48. The number of nitrogens with zero attached hydrogens (tertiary/aromatic N) is 1. The Morgan fingerprint density at radius 2 is 1.23 bits per heavy atom. The summed E-state index contributed by atoms with van der Waals surface area (Å²) >= 11 is 0. The van der Waals surface area contributed by atoms with Crippen LogP contribution in [0.2, 0.25) is 0 Å². The summed E-state index contributed by atoms with van der Waals surface area (Å²) in [5.41, 5.74) is 3.95. The van der Waals surface area contributed by atoms with Gasteiger partial charge in [0, 0.05) is 22.2 Å². The molecule has 1 heterocycles. The first-order chi connectivity index (χ1) is 12.7. The molecule has 0 radical (unpaired) electrons. The van der Waals surface area contributed by atoms with E-state index in [1.807, 2.05) is 0 Å². The Morgan fingerprint density at radius 1 is 0.654 bits per heavy atom. The van der Waals surface area contributed by atoms with Crippen LogP contribution in [0.25, 0.3) is 0 Å². The van der Waals surface area contributed by atoms with Crippen LogP contribution in [0.1, 0.15) is 88.4 Å². The molecule has 4 unspecified atom stereocenters. The predicted molar refractivity (Wildman–Crippen MR) is 104 cm³/mol. The van der Waals surface area contributed by atoms with Crippen LogP contribution in [0.3, 0.4) is 0 Å². The molecule has 0 spiro atoms. The lowest BCUT2D eigenvalue weighted by Gasteiger charge is -2.56. The largest absolute Gasteiger partial charge is 0.257 e. The summed E-state index contributed by atoms with van der Waals surface area (Å²) in [4.78, 5) is 5.55. The summed E-state index contributed by atoms with van der Waals surface area (Å²) in [6.45, 7) is 0. The molecule has 0 saturated heterocycles. The molecule has 1 aromatic heterocycles. The van der Waals surface area contributed by atoms with Crippen molar-refractivity contribution in [3.05, 3.63) is 29.6 Å². The average molecular weight is 348 g/mol. The van der Waals surface area contributed by atoms with Gasteiger partial charge in [-0.15, -0.1) is 0 Å². The molecule has 0 N–H and O–H groups in total. The van der Waals surface area contributed by atoms with Crippen LogP contribution in [-0.2, 0) is 10.8 Å². The van der Waals surface area contributed by atoms with Crippen LogP contribution in [0.15, 0.2) is 18.2 Å². The normalized spacial score (nSPS) is 53.4. The standard InChI is InChI=1S/C25H33N/c1-2-22(24-5-4-20-9-19(11-24)10-21(20)15-24)26-23(3-1)25-12-16-6-17(13-25)8-18(7-16)14-25/h1-3,16-21H,4-15H2. The van der Waals surface area contributed by atoms with E-state index in [4.69, 9.17) is 4.98 Å². The Hall–Kier alpha value is -0.850. The predicted octanol–water partition coefficient (Wildman–Crippen LogP) is 6.02. The fraction of sp³-hybridized carbons (Fsp3) is 0.800. The quantitative estimate of drug-likeness (QED) is 0.637. The molecule has 0 aromatic carbocycles. The third-order valence-electron chi connectivity index (χ3n) is 10.1. The van der Waals surface area contributed by atoms with E-state index in [9.17, 15) is 0 Å². The molecule has 0 amide bonds. The lowest BCUT2D eigenvalue weighted by Crippen LogP contribution is -2.49. The average Bonchev–Trinajstić information content (AvgIpc) is 2.84. The first-order valence-corrected chi connectivity index (χ1v) is 11.7. The van der Waals surface area contributed by atoms with Gasteiger partial charge >= 0.3 is 0 Å². The molecular formula is C25H33N. The van der Waals surface area contributed by atoms with Gasteiger partial charge in [-0.1, -0.05) is 6.07 Å². The summed E-state index contributed by atoms with van der Waals surface area (Å²) < 4.78 is 0. The molecule has 1 heteroatoms. The van der Waals surface area contributed by atoms with Gasteiger partial charge in [-0.2, -0.15) is 0 Å². The van der Waals surface area contributed by atoms with Crippen molar-refractivity contribution < 1.29 is 0 Å². The van der Waals surface area contributed by atoms with Gasteiger partial charge in [-0.25, -0.2) is 0 Å². The fourth-order valence-electron chi connectivity index (χ4n) is 9.70. The van der Waals surface area contributed by atoms with Gasteiger partial charge < -0.3 is 0 Å². The van der Waals surface area contributed by atoms with E-state index in [1.165, 1.54) is 75.6 Å². The third kappa shape index (κ3) is 1.96. The molecule has 7 bridgehead atoms. The zero-order valence-electron chi connectivity index (χ0n) is 16.1. The molecule has 26 heavy (non-hydrogen) atoms. The van der Waals surface area contributed by atoms with Crippen molar-refractivity contribution in [1.82, 2.24) is 4.98 Å². The highest BCUT2D eigenvalue weighted by Gasteiger charge is 2.55. The van der Waals surface area contributed by atoms with Gasteiger partial charge in [-0.3, -0.25) is 4.98 Å². The molecule has 138 valence electrons. The summed E-state index contributed by atoms with van der Waals surface area (Å²) in [5, 5.41) is 0. The minimum Gasteiger partial charge on any atom is -0.257 e. The Morgan fingerprint density at radius 3 is 1.96 bits per heavy atom. The van der Waals surface area contributed by atoms with Gasteiger partial charge in [-0.05, 0) is 125 Å². The van der Waals surface area contributed by atoms with Crippen molar-refractivity contribution in [2.24, 2.45) is 35.5 Å². The van der Waals surface area contributed by atoms with E-state index in [1.54, 1.807) is 12.8 Å². The number of aromatic nitrogens is 1. The zero-order chi connectivity index (χ0) is 16.9. The second kappa shape index (κ2) is 4.95. The van der Waals surface area contributed by atoms with Crippen molar-refractivity contribution in [2.75, 3.05) is 0 Å². The molecular weight excluding hydrogens is 314 g/mol. The highest BCUT2D eigenvalue weighted by molar-refractivity contribution is 5.29. The van der Waals surface area contributed by atoms with Crippen molar-refractivity contribution in [3.63, 3.8) is 0 Å². The van der Waals surface area contributed by atoms with Gasteiger partial charge in [0.1, 0.15) is 0 Å². The number of rotatable bonds is 2. The number of hydrogen-bond acceptors (Lipinski definition) is 1. The smallest absolute Gasteiger partial charge is 0.0469 e. The highest BCUT2D eigenvalue weighted by atomic mass is 14.8. The second-order valence-corrected chi connectivity index (χ2v) is 11.7. The molecule has 7 saturated carbocycles. The van der Waals surface area contributed by atoms with Crippen LogP contribution < -0.4 is 0 Å². The van der Waals surface area contributed by atoms with E-state index < -0.39 is 0 Å². The van der Waals surface area contributed by atoms with E-state index in [-0.39, 0.29) is 0 Å². The fourth-order valence-corrected chi connectivity index (χ4v) is 9.70. The molecule has 7 fully saturated rings. The Kier molecular flexibility index (Phi) is 2.88. The SMILES string of the molecule is c1cc(C23CC4CC(CC(C4)C2)C3)nc(C23CCC4CC(CC4C2)C3)c1. The summed E-state index contributed by atoms with van der Waals surface area (Å²) in [5.74, 6) is 6.18. The van der Waals surface area contributed by atoms with Gasteiger partial charge in [0.25, 0.3) is 0 Å². The first-order valence-electron chi connectivity index (χ1n) is 11.7. The van der Waals surface area contributed by atoms with Crippen LogP contribution >= 0.6 is 0 Å². The Bertz CT molecular complexity index is 694. The minimum atomic E-state index is 0.457.